The quantitative estimate of drug-likeness (QED) is 0.793. The molecule has 6 heteroatoms. The molecule has 3 aliphatic heterocycles. The van der Waals surface area contributed by atoms with Crippen molar-refractivity contribution in [2.75, 3.05) is 32.7 Å². The van der Waals surface area contributed by atoms with Crippen LogP contribution in [0.2, 0.25) is 0 Å². The number of nitrogens with zero attached hydrogens (tertiary/aromatic N) is 1. The van der Waals surface area contributed by atoms with Gasteiger partial charge in [-0.25, -0.2) is 0 Å². The van der Waals surface area contributed by atoms with Gasteiger partial charge in [0.05, 0.1) is 5.41 Å². The zero-order valence-electron chi connectivity index (χ0n) is 15.3. The molecule has 3 aliphatic rings. The summed E-state index contributed by atoms with van der Waals surface area (Å²) in [5.74, 6) is 0.705. The van der Waals surface area contributed by atoms with E-state index < -0.39 is 0 Å². The third-order valence-corrected chi connectivity index (χ3v) is 6.43. The van der Waals surface area contributed by atoms with Crippen molar-refractivity contribution in [1.29, 1.82) is 0 Å². The summed E-state index contributed by atoms with van der Waals surface area (Å²) >= 11 is 0. The number of rotatable bonds is 4. The molecule has 0 amide bonds. The summed E-state index contributed by atoms with van der Waals surface area (Å²) in [6, 6.07) is 3.54. The van der Waals surface area contributed by atoms with E-state index in [2.05, 4.69) is 15.2 Å². The number of pyridine rings is 1. The largest absolute Gasteiger partial charge is 0.461 e. The summed E-state index contributed by atoms with van der Waals surface area (Å²) in [6.07, 6.45) is 7.99. The summed E-state index contributed by atoms with van der Waals surface area (Å²) in [4.78, 5) is 28.8. The fourth-order valence-electron chi connectivity index (χ4n) is 4.82. The molecule has 1 aromatic heterocycles. The normalized spacial score (nSPS) is 26.9. The first-order valence-corrected chi connectivity index (χ1v) is 9.95. The lowest BCUT2D eigenvalue weighted by Crippen LogP contribution is -2.40. The van der Waals surface area contributed by atoms with E-state index in [-0.39, 0.29) is 23.0 Å². The van der Waals surface area contributed by atoms with Crippen molar-refractivity contribution in [3.8, 4) is 0 Å². The molecule has 3 saturated heterocycles. The van der Waals surface area contributed by atoms with Gasteiger partial charge in [0.2, 0.25) is 5.56 Å². The third kappa shape index (κ3) is 3.86. The zero-order chi connectivity index (χ0) is 18.0. The third-order valence-electron chi connectivity index (χ3n) is 6.43. The second kappa shape index (κ2) is 7.53. The summed E-state index contributed by atoms with van der Waals surface area (Å²) in [5.41, 5.74) is 0.958. The first kappa shape index (κ1) is 17.7. The molecule has 1 spiro atoms. The van der Waals surface area contributed by atoms with Crippen molar-refractivity contribution >= 4 is 5.97 Å². The average molecular weight is 359 g/mol. The lowest BCUT2D eigenvalue weighted by atomic mass is 9.76. The van der Waals surface area contributed by atoms with Gasteiger partial charge in [-0.15, -0.1) is 0 Å². The molecule has 0 radical (unpaired) electrons. The zero-order valence-corrected chi connectivity index (χ0v) is 15.3. The molecule has 0 saturated carbocycles. The van der Waals surface area contributed by atoms with E-state index in [1.54, 1.807) is 6.07 Å². The average Bonchev–Trinajstić information content (AvgIpc) is 2.94. The van der Waals surface area contributed by atoms with Crippen LogP contribution in [-0.2, 0) is 16.0 Å². The topological polar surface area (TPSA) is 74.4 Å². The second-order valence-electron chi connectivity index (χ2n) is 8.27. The smallest absolute Gasteiger partial charge is 0.312 e. The van der Waals surface area contributed by atoms with Gasteiger partial charge in [-0.2, -0.15) is 0 Å². The highest BCUT2D eigenvalue weighted by Gasteiger charge is 2.49. The predicted molar refractivity (Wildman–Crippen MR) is 99.0 cm³/mol. The highest BCUT2D eigenvalue weighted by atomic mass is 16.6. The molecule has 2 N–H and O–H groups in total. The summed E-state index contributed by atoms with van der Waals surface area (Å²) in [7, 11) is 0. The standard InChI is InChI=1S/C20H29N3O3/c24-18-2-1-16(13-22-18)11-15-3-9-23(10-4-15)14-17-12-20(19(25)26-17)5-7-21-8-6-20/h1-2,13,15,17,21H,3-12,14H2,(H,22,24). The fourth-order valence-corrected chi connectivity index (χ4v) is 4.82. The maximum absolute atomic E-state index is 12.4. The van der Waals surface area contributed by atoms with Gasteiger partial charge in [-0.3, -0.25) is 14.5 Å². The fraction of sp³-hybridized carbons (Fsp3) is 0.700. The number of aromatic nitrogens is 1. The summed E-state index contributed by atoms with van der Waals surface area (Å²) in [6.45, 7) is 4.87. The van der Waals surface area contributed by atoms with Gasteiger partial charge in [0.15, 0.2) is 0 Å². The molecule has 1 unspecified atom stereocenters. The van der Waals surface area contributed by atoms with Gasteiger partial charge in [-0.05, 0) is 69.8 Å². The van der Waals surface area contributed by atoms with Crippen LogP contribution in [0.5, 0.6) is 0 Å². The lowest BCUT2D eigenvalue weighted by molar-refractivity contribution is -0.150. The van der Waals surface area contributed by atoms with E-state index in [0.29, 0.717) is 5.92 Å². The summed E-state index contributed by atoms with van der Waals surface area (Å²) < 4.78 is 5.75. The number of hydrogen-bond donors (Lipinski definition) is 2. The van der Waals surface area contributed by atoms with Crippen LogP contribution in [0.15, 0.2) is 23.1 Å². The predicted octanol–water partition coefficient (Wildman–Crippen LogP) is 1.31. The Morgan fingerprint density at radius 3 is 2.62 bits per heavy atom. The van der Waals surface area contributed by atoms with Crippen LogP contribution in [0.4, 0.5) is 0 Å². The number of esters is 1. The monoisotopic (exact) mass is 359 g/mol. The van der Waals surface area contributed by atoms with Crippen LogP contribution in [0.25, 0.3) is 0 Å². The molecule has 4 heterocycles. The Balaban J connectivity index is 1.24. The molecule has 0 aliphatic carbocycles. The molecule has 0 aromatic carbocycles. The Morgan fingerprint density at radius 2 is 1.92 bits per heavy atom. The molecule has 142 valence electrons. The van der Waals surface area contributed by atoms with E-state index >= 15 is 0 Å². The number of nitrogens with one attached hydrogen (secondary N) is 2. The van der Waals surface area contributed by atoms with E-state index in [1.807, 2.05) is 12.3 Å². The number of aromatic amines is 1. The van der Waals surface area contributed by atoms with Crippen molar-refractivity contribution in [2.24, 2.45) is 11.3 Å². The van der Waals surface area contributed by atoms with E-state index in [1.165, 1.54) is 5.56 Å². The number of cyclic esters (lactones) is 1. The van der Waals surface area contributed by atoms with Crippen molar-refractivity contribution in [1.82, 2.24) is 15.2 Å². The van der Waals surface area contributed by atoms with Gasteiger partial charge in [0, 0.05) is 25.2 Å². The van der Waals surface area contributed by atoms with Crippen LogP contribution in [-0.4, -0.2) is 54.7 Å². The minimum Gasteiger partial charge on any atom is -0.461 e. The molecular weight excluding hydrogens is 330 g/mol. The van der Waals surface area contributed by atoms with E-state index in [0.717, 1.165) is 71.2 Å². The van der Waals surface area contributed by atoms with Crippen molar-refractivity contribution in [3.05, 3.63) is 34.2 Å². The minimum absolute atomic E-state index is 0.0388. The lowest BCUT2D eigenvalue weighted by Gasteiger charge is -2.33. The van der Waals surface area contributed by atoms with Crippen LogP contribution in [0, 0.1) is 11.3 Å². The van der Waals surface area contributed by atoms with E-state index in [9.17, 15) is 9.59 Å². The van der Waals surface area contributed by atoms with Crippen molar-refractivity contribution in [2.45, 2.75) is 44.6 Å². The number of hydrogen-bond acceptors (Lipinski definition) is 5. The van der Waals surface area contributed by atoms with Crippen LogP contribution < -0.4 is 10.9 Å². The molecule has 4 rings (SSSR count). The minimum atomic E-state index is -0.210. The van der Waals surface area contributed by atoms with Crippen LogP contribution >= 0.6 is 0 Å². The van der Waals surface area contributed by atoms with E-state index in [4.69, 9.17) is 4.74 Å². The summed E-state index contributed by atoms with van der Waals surface area (Å²) in [5, 5.41) is 3.34. The number of ether oxygens (including phenoxy) is 1. The molecule has 6 nitrogen and oxygen atoms in total. The molecule has 3 fully saturated rings. The first-order valence-electron chi connectivity index (χ1n) is 9.95. The molecule has 26 heavy (non-hydrogen) atoms. The Bertz CT molecular complexity index is 667. The molecule has 1 atom stereocenters. The van der Waals surface area contributed by atoms with Crippen molar-refractivity contribution in [3.63, 3.8) is 0 Å². The van der Waals surface area contributed by atoms with Crippen molar-refractivity contribution < 1.29 is 9.53 Å². The second-order valence-corrected chi connectivity index (χ2v) is 8.27. The Labute approximate surface area is 154 Å². The Hall–Kier alpha value is -1.66. The number of carbonyl (C=O) groups excluding carboxylic acids is 1. The highest BCUT2D eigenvalue weighted by molar-refractivity contribution is 5.79. The maximum atomic E-state index is 12.4. The van der Waals surface area contributed by atoms with Crippen LogP contribution in [0.3, 0.4) is 0 Å². The Morgan fingerprint density at radius 1 is 1.15 bits per heavy atom. The van der Waals surface area contributed by atoms with Gasteiger partial charge in [-0.1, -0.05) is 6.07 Å². The highest BCUT2D eigenvalue weighted by Crippen LogP contribution is 2.41. The van der Waals surface area contributed by atoms with Gasteiger partial charge in [0.1, 0.15) is 6.10 Å². The van der Waals surface area contributed by atoms with Gasteiger partial charge < -0.3 is 15.0 Å². The number of H-pyrrole nitrogens is 1. The molecular formula is C20H29N3O3. The van der Waals surface area contributed by atoms with Gasteiger partial charge >= 0.3 is 5.97 Å². The first-order chi connectivity index (χ1) is 12.6. The number of likely N-dealkylation sites (tertiary alicyclic amines) is 1. The number of carbonyl (C=O) groups is 1. The van der Waals surface area contributed by atoms with Gasteiger partial charge in [0.25, 0.3) is 0 Å². The maximum Gasteiger partial charge on any atom is 0.312 e. The molecule has 1 aromatic rings. The van der Waals surface area contributed by atoms with Crippen LogP contribution in [0.1, 0.15) is 37.7 Å². The Kier molecular flexibility index (Phi) is 5.14. The molecule has 0 bridgehead atoms. The SMILES string of the molecule is O=C1OC(CN2CCC(Cc3ccc(=O)[nH]c3)CC2)CC12CCNCC2. The number of piperidine rings is 2.